The van der Waals surface area contributed by atoms with Gasteiger partial charge in [-0.2, -0.15) is 0 Å². The normalized spacial score (nSPS) is 34.1. The van der Waals surface area contributed by atoms with Gasteiger partial charge in [-0.25, -0.2) is 0 Å². The van der Waals surface area contributed by atoms with E-state index in [1.54, 1.807) is 5.56 Å². The molecule has 3 aliphatic rings. The van der Waals surface area contributed by atoms with Gasteiger partial charge in [-0.1, -0.05) is 31.2 Å². The van der Waals surface area contributed by atoms with Crippen LogP contribution in [0.4, 0.5) is 5.82 Å². The molecular weight excluding hydrogens is 256 g/mol. The number of anilines is 1. The molecule has 0 amide bonds. The van der Waals surface area contributed by atoms with Crippen molar-refractivity contribution in [2.45, 2.75) is 50.6 Å². The zero-order chi connectivity index (χ0) is 14.8. The summed E-state index contributed by atoms with van der Waals surface area (Å²) in [6, 6.07) is 14.0. The molecule has 3 atom stereocenters. The summed E-state index contributed by atoms with van der Waals surface area (Å²) in [7, 11) is 2.15. The second-order valence-corrected chi connectivity index (χ2v) is 7.26. The van der Waals surface area contributed by atoms with Gasteiger partial charge in [0.15, 0.2) is 0 Å². The van der Waals surface area contributed by atoms with Crippen molar-refractivity contribution in [2.75, 3.05) is 4.90 Å². The molecule has 2 nitrogen and oxygen atoms in total. The molecule has 21 heavy (non-hydrogen) atoms. The predicted molar refractivity (Wildman–Crippen MR) is 87.7 cm³/mol. The number of hydrogen-bond acceptors (Lipinski definition) is 1. The van der Waals surface area contributed by atoms with E-state index in [9.17, 15) is 0 Å². The third-order valence-electron chi connectivity index (χ3n) is 6.26. The number of hydrogen-bond donors (Lipinski definition) is 0. The zero-order valence-corrected chi connectivity index (χ0v) is 13.4. The fourth-order valence-electron chi connectivity index (χ4n) is 4.77. The van der Waals surface area contributed by atoms with Gasteiger partial charge in [0.2, 0.25) is 0 Å². The molecule has 2 aromatic rings. The number of fused-ring (bicyclic) bond motifs is 2. The van der Waals surface area contributed by atoms with Crippen LogP contribution in [-0.4, -0.2) is 10.6 Å². The number of aryl methyl sites for hydroxylation is 1. The van der Waals surface area contributed by atoms with Crippen LogP contribution in [0, 0.1) is 0 Å². The molecule has 1 saturated heterocycles. The summed E-state index contributed by atoms with van der Waals surface area (Å²) >= 11 is 0. The van der Waals surface area contributed by atoms with Crippen LogP contribution in [0.25, 0.3) is 0 Å². The lowest BCUT2D eigenvalue weighted by Gasteiger charge is -2.63. The van der Waals surface area contributed by atoms with Crippen LogP contribution >= 0.6 is 0 Å². The first-order chi connectivity index (χ1) is 9.98. The highest BCUT2D eigenvalue weighted by molar-refractivity contribution is 5.58. The van der Waals surface area contributed by atoms with E-state index < -0.39 is 0 Å². The minimum atomic E-state index is 0.111. The van der Waals surface area contributed by atoms with Gasteiger partial charge in [-0.05, 0) is 49.9 Å². The Morgan fingerprint density at radius 3 is 2.38 bits per heavy atom. The number of benzene rings is 1. The number of aromatic nitrogens is 1. The van der Waals surface area contributed by atoms with E-state index >= 15 is 0 Å². The average molecular weight is 280 g/mol. The molecule has 1 fully saturated rings. The summed E-state index contributed by atoms with van der Waals surface area (Å²) in [5, 5.41) is 0. The lowest BCUT2D eigenvalue weighted by atomic mass is 9.56. The third-order valence-corrected chi connectivity index (χ3v) is 6.26. The molecule has 0 radical (unpaired) electrons. The molecule has 1 aliphatic carbocycles. The van der Waals surface area contributed by atoms with Crippen LogP contribution < -0.4 is 4.90 Å². The Morgan fingerprint density at radius 1 is 1.00 bits per heavy atom. The minimum absolute atomic E-state index is 0.111. The van der Waals surface area contributed by atoms with Crippen molar-refractivity contribution in [3.8, 4) is 0 Å². The maximum atomic E-state index is 2.67. The first-order valence-electron chi connectivity index (χ1n) is 7.99. The molecule has 3 heterocycles. The number of rotatable bonds is 1. The SMILES string of the molecule is CC1N(c2cccn2C)C2(C)CCC1(C)c1ccccc12. The summed E-state index contributed by atoms with van der Waals surface area (Å²) < 4.78 is 2.26. The summed E-state index contributed by atoms with van der Waals surface area (Å²) in [6.45, 7) is 7.28. The van der Waals surface area contributed by atoms with Crippen molar-refractivity contribution < 1.29 is 0 Å². The molecule has 1 aromatic heterocycles. The van der Waals surface area contributed by atoms with E-state index in [0.717, 1.165) is 0 Å². The Bertz CT molecular complexity index is 701. The fourth-order valence-corrected chi connectivity index (χ4v) is 4.77. The van der Waals surface area contributed by atoms with Crippen molar-refractivity contribution in [3.63, 3.8) is 0 Å². The molecule has 0 spiro atoms. The van der Waals surface area contributed by atoms with Gasteiger partial charge in [0.1, 0.15) is 5.82 Å². The van der Waals surface area contributed by atoms with E-state index in [-0.39, 0.29) is 11.0 Å². The Labute approximate surface area is 127 Å². The van der Waals surface area contributed by atoms with Crippen LogP contribution in [0.3, 0.4) is 0 Å². The molecule has 0 saturated carbocycles. The molecule has 2 heteroatoms. The van der Waals surface area contributed by atoms with Crippen molar-refractivity contribution in [1.82, 2.24) is 4.57 Å². The van der Waals surface area contributed by atoms with Crippen molar-refractivity contribution in [1.29, 1.82) is 0 Å². The monoisotopic (exact) mass is 280 g/mol. The van der Waals surface area contributed by atoms with E-state index in [2.05, 4.69) is 79.9 Å². The van der Waals surface area contributed by atoms with E-state index in [4.69, 9.17) is 0 Å². The van der Waals surface area contributed by atoms with Crippen molar-refractivity contribution in [3.05, 3.63) is 53.7 Å². The van der Waals surface area contributed by atoms with E-state index in [1.165, 1.54) is 24.2 Å². The molecule has 110 valence electrons. The van der Waals surface area contributed by atoms with Crippen molar-refractivity contribution in [2.24, 2.45) is 7.05 Å². The summed E-state index contributed by atoms with van der Waals surface area (Å²) in [6.07, 6.45) is 4.67. The number of nitrogens with zero attached hydrogens (tertiary/aromatic N) is 2. The maximum absolute atomic E-state index is 2.67. The minimum Gasteiger partial charge on any atom is -0.345 e. The maximum Gasteiger partial charge on any atom is 0.109 e. The van der Waals surface area contributed by atoms with Gasteiger partial charge >= 0.3 is 0 Å². The molecule has 5 rings (SSSR count). The molecule has 0 N–H and O–H groups in total. The van der Waals surface area contributed by atoms with Gasteiger partial charge in [0.25, 0.3) is 0 Å². The molecule has 3 unspecified atom stereocenters. The second kappa shape index (κ2) is 3.94. The Hall–Kier alpha value is -1.70. The highest BCUT2D eigenvalue weighted by Gasteiger charge is 2.56. The van der Waals surface area contributed by atoms with Gasteiger partial charge in [0.05, 0.1) is 5.54 Å². The van der Waals surface area contributed by atoms with E-state index in [1.807, 2.05) is 0 Å². The molecular formula is C19H24N2. The Balaban J connectivity index is 1.99. The average Bonchev–Trinajstić information content (AvgIpc) is 2.89. The van der Waals surface area contributed by atoms with Crippen LogP contribution in [0.1, 0.15) is 44.7 Å². The topological polar surface area (TPSA) is 8.17 Å². The Morgan fingerprint density at radius 2 is 1.71 bits per heavy atom. The Kier molecular flexibility index (Phi) is 2.44. The largest absolute Gasteiger partial charge is 0.345 e. The summed E-state index contributed by atoms with van der Waals surface area (Å²) in [4.78, 5) is 2.67. The van der Waals surface area contributed by atoms with Crippen LogP contribution in [-0.2, 0) is 18.0 Å². The highest BCUT2D eigenvalue weighted by Crippen LogP contribution is 2.57. The predicted octanol–water partition coefficient (Wildman–Crippen LogP) is 4.20. The lowest BCUT2D eigenvalue weighted by Crippen LogP contribution is -2.65. The van der Waals surface area contributed by atoms with Gasteiger partial charge < -0.3 is 9.47 Å². The zero-order valence-electron chi connectivity index (χ0n) is 13.4. The van der Waals surface area contributed by atoms with Gasteiger partial charge in [-0.15, -0.1) is 0 Å². The first-order valence-corrected chi connectivity index (χ1v) is 7.99. The second-order valence-electron chi connectivity index (χ2n) is 7.26. The van der Waals surface area contributed by atoms with Gasteiger partial charge in [0, 0.05) is 24.7 Å². The third kappa shape index (κ3) is 1.43. The summed E-state index contributed by atoms with van der Waals surface area (Å²) in [5.41, 5.74) is 3.45. The first kappa shape index (κ1) is 13.0. The molecule has 2 bridgehead atoms. The summed E-state index contributed by atoms with van der Waals surface area (Å²) in [5.74, 6) is 1.34. The van der Waals surface area contributed by atoms with Gasteiger partial charge in [-0.3, -0.25) is 0 Å². The van der Waals surface area contributed by atoms with Crippen LogP contribution in [0.15, 0.2) is 42.6 Å². The molecule has 2 aliphatic heterocycles. The lowest BCUT2D eigenvalue weighted by molar-refractivity contribution is 0.164. The van der Waals surface area contributed by atoms with Crippen molar-refractivity contribution >= 4 is 5.82 Å². The van der Waals surface area contributed by atoms with Crippen LogP contribution in [0.2, 0.25) is 0 Å². The molecule has 1 aromatic carbocycles. The fraction of sp³-hybridized carbons (Fsp3) is 0.474. The smallest absolute Gasteiger partial charge is 0.109 e. The van der Waals surface area contributed by atoms with E-state index in [0.29, 0.717) is 6.04 Å². The number of piperidine rings is 1. The highest BCUT2D eigenvalue weighted by atomic mass is 15.3. The van der Waals surface area contributed by atoms with Crippen LogP contribution in [0.5, 0.6) is 0 Å². The standard InChI is InChI=1S/C19H24N2/c1-14-18(2)11-12-19(3,16-9-6-5-8-15(16)18)21(14)17-10-7-13-20(17)4/h5-10,13-14H,11-12H2,1-4H3. The quantitative estimate of drug-likeness (QED) is 0.760.